The predicted octanol–water partition coefficient (Wildman–Crippen LogP) is 0.116. The summed E-state index contributed by atoms with van der Waals surface area (Å²) in [5.74, 6) is 0.214. The average Bonchev–Trinajstić information content (AvgIpc) is 2.38. The molecule has 0 aliphatic heterocycles. The summed E-state index contributed by atoms with van der Waals surface area (Å²) < 4.78 is 10.6. The van der Waals surface area contributed by atoms with Gasteiger partial charge in [-0.1, -0.05) is 6.07 Å². The molecule has 0 aliphatic carbocycles. The molecule has 5 N–H and O–H groups in total. The van der Waals surface area contributed by atoms with Crippen molar-refractivity contribution < 1.29 is 19.1 Å². The minimum Gasteiger partial charge on any atom is -0.493 e. The zero-order valence-corrected chi connectivity index (χ0v) is 10.8. The number of amides is 3. The Morgan fingerprint density at radius 3 is 2.58 bits per heavy atom. The molecular formula is C12H17N3O4. The van der Waals surface area contributed by atoms with Gasteiger partial charge >= 0.3 is 6.03 Å². The quantitative estimate of drug-likeness (QED) is 0.700. The van der Waals surface area contributed by atoms with Gasteiger partial charge in [0.05, 0.1) is 7.11 Å². The van der Waals surface area contributed by atoms with E-state index in [1.807, 2.05) is 5.32 Å². The van der Waals surface area contributed by atoms with Crippen molar-refractivity contribution in [1.29, 1.82) is 0 Å². The molecule has 1 aromatic rings. The highest BCUT2D eigenvalue weighted by molar-refractivity contribution is 5.95. The summed E-state index contributed by atoms with van der Waals surface area (Å²) in [7, 11) is 1.48. The Morgan fingerprint density at radius 1 is 1.37 bits per heavy atom. The third-order valence-electron chi connectivity index (χ3n) is 2.38. The average molecular weight is 267 g/mol. The highest BCUT2D eigenvalue weighted by Crippen LogP contribution is 2.28. The lowest BCUT2D eigenvalue weighted by molar-refractivity contribution is -0.126. The van der Waals surface area contributed by atoms with Gasteiger partial charge in [0, 0.05) is 6.54 Å². The summed E-state index contributed by atoms with van der Waals surface area (Å²) >= 11 is 0. The molecular weight excluding hydrogens is 250 g/mol. The van der Waals surface area contributed by atoms with E-state index in [2.05, 4.69) is 0 Å². The summed E-state index contributed by atoms with van der Waals surface area (Å²) in [6.45, 7) is 1.86. The Bertz CT molecular complexity index is 476. The minimum absolute atomic E-state index is 0.369. The topological polar surface area (TPSA) is 117 Å². The number of methoxy groups -OCH3 is 1. The van der Waals surface area contributed by atoms with Crippen molar-refractivity contribution in [2.75, 3.05) is 7.11 Å². The normalized spacial score (nSPS) is 11.5. The van der Waals surface area contributed by atoms with Crippen molar-refractivity contribution in [1.82, 2.24) is 5.32 Å². The van der Waals surface area contributed by atoms with Gasteiger partial charge in [-0.25, -0.2) is 4.79 Å². The fourth-order valence-corrected chi connectivity index (χ4v) is 1.40. The first-order chi connectivity index (χ1) is 8.97. The van der Waals surface area contributed by atoms with Crippen molar-refractivity contribution in [2.45, 2.75) is 19.6 Å². The van der Waals surface area contributed by atoms with Gasteiger partial charge in [0.2, 0.25) is 0 Å². The van der Waals surface area contributed by atoms with Crippen LogP contribution in [0.4, 0.5) is 4.79 Å². The van der Waals surface area contributed by atoms with E-state index in [0.717, 1.165) is 5.56 Å². The van der Waals surface area contributed by atoms with Crippen molar-refractivity contribution in [3.63, 3.8) is 0 Å². The van der Waals surface area contributed by atoms with Crippen LogP contribution in [-0.2, 0) is 11.3 Å². The van der Waals surface area contributed by atoms with Crippen LogP contribution in [-0.4, -0.2) is 25.2 Å². The van der Waals surface area contributed by atoms with Gasteiger partial charge < -0.3 is 20.9 Å². The molecule has 7 nitrogen and oxygen atoms in total. The number of urea groups is 1. The first-order valence-electron chi connectivity index (χ1n) is 5.61. The molecule has 0 aromatic heterocycles. The van der Waals surface area contributed by atoms with E-state index in [1.165, 1.54) is 14.0 Å². The molecule has 0 radical (unpaired) electrons. The minimum atomic E-state index is -0.925. The molecule has 1 unspecified atom stereocenters. The first-order valence-corrected chi connectivity index (χ1v) is 5.61. The molecule has 0 spiro atoms. The largest absolute Gasteiger partial charge is 0.493 e. The Kier molecular flexibility index (Phi) is 5.13. The van der Waals surface area contributed by atoms with E-state index >= 15 is 0 Å². The fourth-order valence-electron chi connectivity index (χ4n) is 1.40. The second kappa shape index (κ2) is 6.60. The molecule has 0 heterocycles. The van der Waals surface area contributed by atoms with Gasteiger partial charge in [0.1, 0.15) is 0 Å². The van der Waals surface area contributed by atoms with E-state index in [-0.39, 0.29) is 0 Å². The number of carbonyl (C=O) groups is 2. The van der Waals surface area contributed by atoms with Crippen molar-refractivity contribution >= 4 is 11.9 Å². The number of ether oxygens (including phenoxy) is 2. The van der Waals surface area contributed by atoms with Gasteiger partial charge in [-0.2, -0.15) is 0 Å². The first kappa shape index (κ1) is 14.8. The van der Waals surface area contributed by atoms with Crippen molar-refractivity contribution in [3.8, 4) is 11.5 Å². The maximum Gasteiger partial charge on any atom is 0.318 e. The van der Waals surface area contributed by atoms with E-state index < -0.39 is 18.0 Å². The standard InChI is InChI=1S/C12H17N3O4/c1-7(11(16)15-12(14)17)19-9-4-3-8(6-13)5-10(9)18-2/h3-5,7H,6,13H2,1-2H3,(H3,14,15,16,17). The lowest BCUT2D eigenvalue weighted by atomic mass is 10.2. The van der Waals surface area contributed by atoms with Crippen LogP contribution in [0.15, 0.2) is 18.2 Å². The fraction of sp³-hybridized carbons (Fsp3) is 0.333. The summed E-state index contributed by atoms with van der Waals surface area (Å²) in [6.07, 6.45) is -0.884. The molecule has 0 saturated carbocycles. The van der Waals surface area contributed by atoms with Gasteiger partial charge in [-0.05, 0) is 24.6 Å². The predicted molar refractivity (Wildman–Crippen MR) is 68.7 cm³/mol. The van der Waals surface area contributed by atoms with Crippen LogP contribution in [0, 0.1) is 0 Å². The number of nitrogens with two attached hydrogens (primary N) is 2. The highest BCUT2D eigenvalue weighted by atomic mass is 16.5. The lowest BCUT2D eigenvalue weighted by Crippen LogP contribution is -2.42. The zero-order valence-electron chi connectivity index (χ0n) is 10.8. The van der Waals surface area contributed by atoms with Crippen LogP contribution in [0.25, 0.3) is 0 Å². The Morgan fingerprint density at radius 2 is 2.05 bits per heavy atom. The third-order valence-corrected chi connectivity index (χ3v) is 2.38. The SMILES string of the molecule is COc1cc(CN)ccc1OC(C)C(=O)NC(N)=O. The van der Waals surface area contributed by atoms with Crippen LogP contribution >= 0.6 is 0 Å². The molecule has 0 bridgehead atoms. The van der Waals surface area contributed by atoms with Gasteiger partial charge in [-0.3, -0.25) is 10.1 Å². The number of hydrogen-bond donors (Lipinski definition) is 3. The lowest BCUT2D eigenvalue weighted by Gasteiger charge is -2.16. The summed E-state index contributed by atoms with van der Waals surface area (Å²) in [5, 5.41) is 1.94. The molecule has 1 atom stereocenters. The van der Waals surface area contributed by atoms with E-state index in [9.17, 15) is 9.59 Å². The van der Waals surface area contributed by atoms with Crippen LogP contribution in [0.2, 0.25) is 0 Å². The molecule has 3 amide bonds. The second-order valence-corrected chi connectivity index (χ2v) is 3.80. The van der Waals surface area contributed by atoms with E-state index in [0.29, 0.717) is 18.0 Å². The van der Waals surface area contributed by atoms with Crippen LogP contribution in [0.3, 0.4) is 0 Å². The van der Waals surface area contributed by atoms with Crippen molar-refractivity contribution in [2.24, 2.45) is 11.5 Å². The molecule has 1 rings (SSSR count). The molecule has 0 fully saturated rings. The van der Waals surface area contributed by atoms with Crippen LogP contribution in [0.5, 0.6) is 11.5 Å². The zero-order chi connectivity index (χ0) is 14.4. The van der Waals surface area contributed by atoms with Crippen LogP contribution in [0.1, 0.15) is 12.5 Å². The van der Waals surface area contributed by atoms with E-state index in [4.69, 9.17) is 20.9 Å². The number of benzene rings is 1. The highest BCUT2D eigenvalue weighted by Gasteiger charge is 2.18. The van der Waals surface area contributed by atoms with Gasteiger partial charge in [0.15, 0.2) is 17.6 Å². The number of carbonyl (C=O) groups excluding carboxylic acids is 2. The van der Waals surface area contributed by atoms with Crippen molar-refractivity contribution in [3.05, 3.63) is 23.8 Å². The molecule has 7 heteroatoms. The summed E-state index contributed by atoms with van der Waals surface area (Å²) in [5.41, 5.74) is 11.2. The second-order valence-electron chi connectivity index (χ2n) is 3.80. The number of nitrogens with one attached hydrogen (secondary N) is 1. The molecule has 19 heavy (non-hydrogen) atoms. The van der Waals surface area contributed by atoms with Gasteiger partial charge in [-0.15, -0.1) is 0 Å². The Hall–Kier alpha value is -2.28. The molecule has 104 valence electrons. The maximum absolute atomic E-state index is 11.5. The van der Waals surface area contributed by atoms with Gasteiger partial charge in [0.25, 0.3) is 5.91 Å². The monoisotopic (exact) mass is 267 g/mol. The summed E-state index contributed by atoms with van der Waals surface area (Å²) in [4.78, 5) is 22.1. The number of primary amides is 1. The Balaban J connectivity index is 2.81. The third kappa shape index (κ3) is 4.14. The molecule has 0 saturated heterocycles. The van der Waals surface area contributed by atoms with Crippen LogP contribution < -0.4 is 26.3 Å². The van der Waals surface area contributed by atoms with E-state index in [1.54, 1.807) is 18.2 Å². The number of hydrogen-bond acceptors (Lipinski definition) is 5. The maximum atomic E-state index is 11.5. The molecule has 1 aromatic carbocycles. The Labute approximate surface area is 110 Å². The smallest absolute Gasteiger partial charge is 0.318 e. The number of imide groups is 1. The molecule has 0 aliphatic rings. The summed E-state index contributed by atoms with van der Waals surface area (Å²) in [6, 6.07) is 4.20. The number of rotatable bonds is 5.